The van der Waals surface area contributed by atoms with Crippen LogP contribution in [0.4, 0.5) is 5.82 Å². The Labute approximate surface area is 105 Å². The number of para-hydroxylation sites is 1. The molecule has 0 fully saturated rings. The highest BCUT2D eigenvalue weighted by Gasteiger charge is 2.09. The van der Waals surface area contributed by atoms with E-state index < -0.39 is 0 Å². The summed E-state index contributed by atoms with van der Waals surface area (Å²) in [6, 6.07) is 12.2. The number of rotatable bonds is 2. The second-order valence-corrected chi connectivity index (χ2v) is 4.22. The first-order valence-electron chi connectivity index (χ1n) is 5.85. The molecule has 0 aliphatic carbocycles. The van der Waals surface area contributed by atoms with Gasteiger partial charge in [-0.2, -0.15) is 0 Å². The first-order chi connectivity index (χ1) is 8.79. The van der Waals surface area contributed by atoms with Crippen LogP contribution in [0.1, 0.15) is 0 Å². The van der Waals surface area contributed by atoms with Gasteiger partial charge in [-0.15, -0.1) is 10.2 Å². The van der Waals surface area contributed by atoms with Crippen LogP contribution < -0.4 is 5.32 Å². The van der Waals surface area contributed by atoms with Crippen molar-refractivity contribution in [2.24, 2.45) is 7.05 Å². The third kappa shape index (κ3) is 1.62. The highest BCUT2D eigenvalue weighted by molar-refractivity contribution is 5.95. The van der Waals surface area contributed by atoms with Crippen molar-refractivity contribution in [2.45, 2.75) is 0 Å². The van der Waals surface area contributed by atoms with E-state index in [1.54, 1.807) is 0 Å². The van der Waals surface area contributed by atoms with Gasteiger partial charge in [0, 0.05) is 36.8 Å². The van der Waals surface area contributed by atoms with Gasteiger partial charge in [0.1, 0.15) is 5.82 Å². The summed E-state index contributed by atoms with van der Waals surface area (Å²) in [7, 11) is 3.88. The Morgan fingerprint density at radius 2 is 1.89 bits per heavy atom. The molecule has 0 bridgehead atoms. The molecule has 0 aliphatic heterocycles. The van der Waals surface area contributed by atoms with E-state index in [1.165, 1.54) is 10.9 Å². The van der Waals surface area contributed by atoms with Gasteiger partial charge in [-0.05, 0) is 18.2 Å². The van der Waals surface area contributed by atoms with Gasteiger partial charge < -0.3 is 9.88 Å². The topological polar surface area (TPSA) is 42.7 Å². The summed E-state index contributed by atoms with van der Waals surface area (Å²) in [4.78, 5) is 0. The normalized spacial score (nSPS) is 10.8. The molecule has 0 aliphatic rings. The molecule has 0 saturated carbocycles. The molecule has 0 saturated heterocycles. The summed E-state index contributed by atoms with van der Waals surface area (Å²) in [6.07, 6.45) is 2.09. The Kier molecular flexibility index (Phi) is 2.48. The minimum Gasteiger partial charge on any atom is -0.372 e. The lowest BCUT2D eigenvalue weighted by molar-refractivity contribution is 0.967. The Morgan fingerprint density at radius 1 is 1.06 bits per heavy atom. The standard InChI is InChI=1S/C14H14N4/c1-15-14-8-7-12(16-17-14)11-9-18(2)13-6-4-3-5-10(11)13/h3-9H,1-2H3,(H,15,17). The Balaban J connectivity index is 2.18. The summed E-state index contributed by atoms with van der Waals surface area (Å²) >= 11 is 0. The SMILES string of the molecule is CNc1ccc(-c2cn(C)c3ccccc23)nn1. The molecule has 2 aromatic heterocycles. The van der Waals surface area contributed by atoms with Crippen molar-refractivity contribution >= 4 is 16.7 Å². The Hall–Kier alpha value is -2.36. The summed E-state index contributed by atoms with van der Waals surface area (Å²) < 4.78 is 2.11. The predicted octanol–water partition coefficient (Wildman–Crippen LogP) is 2.68. The number of aryl methyl sites for hydroxylation is 1. The van der Waals surface area contributed by atoms with Crippen molar-refractivity contribution in [3.8, 4) is 11.3 Å². The molecule has 0 radical (unpaired) electrons. The van der Waals surface area contributed by atoms with Gasteiger partial charge in [-0.25, -0.2) is 0 Å². The molecule has 0 amide bonds. The lowest BCUT2D eigenvalue weighted by atomic mass is 10.1. The fourth-order valence-electron chi connectivity index (χ4n) is 2.16. The van der Waals surface area contributed by atoms with Gasteiger partial charge in [0.15, 0.2) is 0 Å². The molecule has 1 aromatic carbocycles. The number of nitrogens with zero attached hydrogens (tertiary/aromatic N) is 3. The Bertz CT molecular complexity index is 683. The zero-order chi connectivity index (χ0) is 12.5. The number of nitrogens with one attached hydrogen (secondary N) is 1. The van der Waals surface area contributed by atoms with Crippen LogP contribution >= 0.6 is 0 Å². The number of hydrogen-bond donors (Lipinski definition) is 1. The maximum atomic E-state index is 4.26. The molecule has 2 heterocycles. The molecule has 90 valence electrons. The van der Waals surface area contributed by atoms with Crippen LogP contribution in [0, 0.1) is 0 Å². The molecule has 0 atom stereocenters. The van der Waals surface area contributed by atoms with E-state index >= 15 is 0 Å². The third-order valence-electron chi connectivity index (χ3n) is 3.09. The molecule has 3 aromatic rings. The molecule has 18 heavy (non-hydrogen) atoms. The number of fused-ring (bicyclic) bond motifs is 1. The monoisotopic (exact) mass is 238 g/mol. The number of aromatic nitrogens is 3. The van der Waals surface area contributed by atoms with Crippen LogP contribution in [0.15, 0.2) is 42.6 Å². The minimum absolute atomic E-state index is 0.777. The summed E-state index contributed by atoms with van der Waals surface area (Å²) in [6.45, 7) is 0. The van der Waals surface area contributed by atoms with Crippen molar-refractivity contribution in [1.82, 2.24) is 14.8 Å². The second-order valence-electron chi connectivity index (χ2n) is 4.22. The molecule has 4 heteroatoms. The van der Waals surface area contributed by atoms with Crippen molar-refractivity contribution in [3.05, 3.63) is 42.6 Å². The molecule has 1 N–H and O–H groups in total. The molecular formula is C14H14N4. The van der Waals surface area contributed by atoms with Gasteiger partial charge >= 0.3 is 0 Å². The molecule has 0 spiro atoms. The lowest BCUT2D eigenvalue weighted by Gasteiger charge is -2.00. The van der Waals surface area contributed by atoms with E-state index in [-0.39, 0.29) is 0 Å². The maximum absolute atomic E-state index is 4.26. The van der Waals surface area contributed by atoms with Gasteiger partial charge in [-0.1, -0.05) is 18.2 Å². The van der Waals surface area contributed by atoms with Crippen LogP contribution in [0.3, 0.4) is 0 Å². The zero-order valence-electron chi connectivity index (χ0n) is 10.4. The average Bonchev–Trinajstić information content (AvgIpc) is 2.77. The lowest BCUT2D eigenvalue weighted by Crippen LogP contribution is -1.94. The van der Waals surface area contributed by atoms with Gasteiger partial charge in [0.05, 0.1) is 5.69 Å². The van der Waals surface area contributed by atoms with Gasteiger partial charge in [0.25, 0.3) is 0 Å². The summed E-state index contributed by atoms with van der Waals surface area (Å²) in [5, 5.41) is 12.5. The number of anilines is 1. The Morgan fingerprint density at radius 3 is 2.61 bits per heavy atom. The fourth-order valence-corrected chi connectivity index (χ4v) is 2.16. The van der Waals surface area contributed by atoms with Crippen LogP contribution in [0.25, 0.3) is 22.2 Å². The summed E-state index contributed by atoms with van der Waals surface area (Å²) in [5.41, 5.74) is 3.21. The van der Waals surface area contributed by atoms with E-state index in [0.29, 0.717) is 0 Å². The number of hydrogen-bond acceptors (Lipinski definition) is 3. The fraction of sp³-hybridized carbons (Fsp3) is 0.143. The van der Waals surface area contributed by atoms with E-state index in [0.717, 1.165) is 17.1 Å². The second kappa shape index (κ2) is 4.14. The highest BCUT2D eigenvalue weighted by Crippen LogP contribution is 2.28. The molecule has 0 unspecified atom stereocenters. The van der Waals surface area contributed by atoms with E-state index in [4.69, 9.17) is 0 Å². The first-order valence-corrected chi connectivity index (χ1v) is 5.85. The van der Waals surface area contributed by atoms with E-state index in [1.807, 2.05) is 38.4 Å². The molecular weight excluding hydrogens is 224 g/mol. The van der Waals surface area contributed by atoms with Crippen molar-refractivity contribution < 1.29 is 0 Å². The average molecular weight is 238 g/mol. The summed E-state index contributed by atoms with van der Waals surface area (Å²) in [5.74, 6) is 0.777. The van der Waals surface area contributed by atoms with Crippen molar-refractivity contribution in [1.29, 1.82) is 0 Å². The molecule has 3 rings (SSSR count). The van der Waals surface area contributed by atoms with E-state index in [2.05, 4.69) is 38.4 Å². The predicted molar refractivity (Wildman–Crippen MR) is 73.5 cm³/mol. The quantitative estimate of drug-likeness (QED) is 0.746. The van der Waals surface area contributed by atoms with Crippen molar-refractivity contribution in [3.63, 3.8) is 0 Å². The van der Waals surface area contributed by atoms with Gasteiger partial charge in [0.2, 0.25) is 0 Å². The first kappa shape index (κ1) is 10.8. The molecule has 4 nitrogen and oxygen atoms in total. The van der Waals surface area contributed by atoms with Crippen molar-refractivity contribution in [2.75, 3.05) is 12.4 Å². The van der Waals surface area contributed by atoms with Crippen LogP contribution in [-0.4, -0.2) is 21.8 Å². The van der Waals surface area contributed by atoms with Gasteiger partial charge in [-0.3, -0.25) is 0 Å². The van der Waals surface area contributed by atoms with Crippen LogP contribution in [0.5, 0.6) is 0 Å². The van der Waals surface area contributed by atoms with Crippen LogP contribution in [0.2, 0.25) is 0 Å². The minimum atomic E-state index is 0.777. The maximum Gasteiger partial charge on any atom is 0.148 e. The van der Waals surface area contributed by atoms with Crippen LogP contribution in [-0.2, 0) is 7.05 Å². The number of benzene rings is 1. The largest absolute Gasteiger partial charge is 0.372 e. The van der Waals surface area contributed by atoms with E-state index in [9.17, 15) is 0 Å². The zero-order valence-corrected chi connectivity index (χ0v) is 10.4. The third-order valence-corrected chi connectivity index (χ3v) is 3.09. The smallest absolute Gasteiger partial charge is 0.148 e. The highest BCUT2D eigenvalue weighted by atomic mass is 15.2.